The van der Waals surface area contributed by atoms with Gasteiger partial charge in [0.1, 0.15) is 0 Å². The number of benzene rings is 3. The van der Waals surface area contributed by atoms with Crippen LogP contribution in [-0.2, 0) is 4.79 Å². The topological polar surface area (TPSA) is 98.7 Å². The van der Waals surface area contributed by atoms with Gasteiger partial charge >= 0.3 is 5.97 Å². The molecule has 0 radical (unpaired) electrons. The predicted octanol–water partition coefficient (Wildman–Crippen LogP) is 5.28. The number of hydrogen-bond donors (Lipinski definition) is 4. The van der Waals surface area contributed by atoms with Crippen LogP contribution in [0.25, 0.3) is 11.1 Å². The fourth-order valence-electron chi connectivity index (χ4n) is 3.96. The Labute approximate surface area is 204 Å². The van der Waals surface area contributed by atoms with Gasteiger partial charge in [0.25, 0.3) is 5.91 Å². The molecule has 4 N–H and O–H groups in total. The van der Waals surface area contributed by atoms with Crippen molar-refractivity contribution in [3.8, 4) is 11.1 Å². The second kappa shape index (κ2) is 10.7. The SMILES string of the molecule is Cc1cc(C(C)Nc2cccc(-c3cc(C)c(C(=O)N[C@@H](CO)C(=O)O)c(C)c3)c2)ccc1Cl. The number of carboxylic acid groups (broad SMARTS) is 1. The minimum Gasteiger partial charge on any atom is -0.480 e. The lowest BCUT2D eigenvalue weighted by Crippen LogP contribution is -2.43. The van der Waals surface area contributed by atoms with Crippen LogP contribution < -0.4 is 10.6 Å². The molecule has 3 rings (SSSR count). The highest BCUT2D eigenvalue weighted by atomic mass is 35.5. The molecule has 178 valence electrons. The number of hydrogen-bond acceptors (Lipinski definition) is 4. The Morgan fingerprint density at radius 2 is 1.62 bits per heavy atom. The van der Waals surface area contributed by atoms with E-state index in [1.807, 2.05) is 63.2 Å². The van der Waals surface area contributed by atoms with Gasteiger partial charge in [0.05, 0.1) is 6.61 Å². The molecule has 0 aromatic heterocycles. The molecule has 0 saturated carbocycles. The van der Waals surface area contributed by atoms with Crippen LogP contribution in [-0.4, -0.2) is 34.7 Å². The lowest BCUT2D eigenvalue weighted by Gasteiger charge is -2.18. The average molecular weight is 481 g/mol. The lowest BCUT2D eigenvalue weighted by molar-refractivity contribution is -0.140. The van der Waals surface area contributed by atoms with Crippen molar-refractivity contribution in [2.75, 3.05) is 11.9 Å². The van der Waals surface area contributed by atoms with Gasteiger partial charge in [-0.2, -0.15) is 0 Å². The normalized spacial score (nSPS) is 12.6. The highest BCUT2D eigenvalue weighted by molar-refractivity contribution is 6.31. The summed E-state index contributed by atoms with van der Waals surface area (Å²) in [5.74, 6) is -1.81. The first kappa shape index (κ1) is 25.3. The average Bonchev–Trinajstić information content (AvgIpc) is 2.78. The number of carboxylic acids is 1. The maximum Gasteiger partial charge on any atom is 0.328 e. The maximum absolute atomic E-state index is 12.7. The van der Waals surface area contributed by atoms with Crippen molar-refractivity contribution in [2.45, 2.75) is 39.8 Å². The van der Waals surface area contributed by atoms with Crippen molar-refractivity contribution in [1.82, 2.24) is 5.32 Å². The molecule has 34 heavy (non-hydrogen) atoms. The van der Waals surface area contributed by atoms with Crippen molar-refractivity contribution in [2.24, 2.45) is 0 Å². The summed E-state index contributed by atoms with van der Waals surface area (Å²) in [6, 6.07) is 16.6. The van der Waals surface area contributed by atoms with Crippen LogP contribution in [0.5, 0.6) is 0 Å². The van der Waals surface area contributed by atoms with Crippen LogP contribution in [0.4, 0.5) is 5.69 Å². The number of carbonyl (C=O) groups is 2. The zero-order chi connectivity index (χ0) is 25.0. The molecule has 6 nitrogen and oxygen atoms in total. The number of aryl methyl sites for hydroxylation is 3. The Kier molecular flexibility index (Phi) is 7.97. The quantitative estimate of drug-likeness (QED) is 0.351. The van der Waals surface area contributed by atoms with Gasteiger partial charge in [-0.05, 0) is 79.3 Å². The van der Waals surface area contributed by atoms with E-state index in [2.05, 4.69) is 29.7 Å². The highest BCUT2D eigenvalue weighted by Crippen LogP contribution is 2.29. The summed E-state index contributed by atoms with van der Waals surface area (Å²) < 4.78 is 0. The summed E-state index contributed by atoms with van der Waals surface area (Å²) in [6.45, 7) is 7.03. The molecular weight excluding hydrogens is 452 g/mol. The van der Waals surface area contributed by atoms with Crippen molar-refractivity contribution < 1.29 is 19.8 Å². The monoisotopic (exact) mass is 480 g/mol. The Morgan fingerprint density at radius 3 is 2.21 bits per heavy atom. The van der Waals surface area contributed by atoms with Gasteiger partial charge in [0.15, 0.2) is 6.04 Å². The summed E-state index contributed by atoms with van der Waals surface area (Å²) in [4.78, 5) is 23.8. The maximum atomic E-state index is 12.7. The number of aliphatic hydroxyl groups excluding tert-OH is 1. The molecule has 0 aliphatic heterocycles. The number of aliphatic hydroxyl groups is 1. The van der Waals surface area contributed by atoms with Crippen molar-refractivity contribution >= 4 is 29.2 Å². The number of nitrogens with one attached hydrogen (secondary N) is 2. The van der Waals surface area contributed by atoms with Crippen LogP contribution in [0, 0.1) is 20.8 Å². The summed E-state index contributed by atoms with van der Waals surface area (Å²) in [5, 5.41) is 24.9. The first-order valence-corrected chi connectivity index (χ1v) is 11.4. The van der Waals surface area contributed by atoms with E-state index in [4.69, 9.17) is 16.7 Å². The first-order chi connectivity index (χ1) is 16.1. The predicted molar refractivity (Wildman–Crippen MR) is 136 cm³/mol. The van der Waals surface area contributed by atoms with E-state index < -0.39 is 24.5 Å². The summed E-state index contributed by atoms with van der Waals surface area (Å²) >= 11 is 6.15. The van der Waals surface area contributed by atoms with Crippen LogP contribution in [0.3, 0.4) is 0 Å². The first-order valence-electron chi connectivity index (χ1n) is 11.0. The molecule has 0 aliphatic rings. The second-order valence-corrected chi connectivity index (χ2v) is 8.89. The number of anilines is 1. The molecule has 0 aliphatic carbocycles. The molecule has 3 aromatic carbocycles. The van der Waals surface area contributed by atoms with E-state index in [9.17, 15) is 14.7 Å². The van der Waals surface area contributed by atoms with Gasteiger partial charge in [-0.25, -0.2) is 4.79 Å². The molecule has 0 saturated heterocycles. The molecule has 7 heteroatoms. The van der Waals surface area contributed by atoms with Crippen LogP contribution in [0.15, 0.2) is 54.6 Å². The third-order valence-corrected chi connectivity index (χ3v) is 6.23. The Bertz CT molecular complexity index is 1200. The van der Waals surface area contributed by atoms with Crippen LogP contribution in [0.1, 0.15) is 45.6 Å². The van der Waals surface area contributed by atoms with E-state index >= 15 is 0 Å². The van der Waals surface area contributed by atoms with Crippen molar-refractivity contribution in [1.29, 1.82) is 0 Å². The van der Waals surface area contributed by atoms with E-state index in [1.54, 1.807) is 0 Å². The summed E-state index contributed by atoms with van der Waals surface area (Å²) in [6.07, 6.45) is 0. The van der Waals surface area contributed by atoms with E-state index in [0.29, 0.717) is 5.56 Å². The van der Waals surface area contributed by atoms with E-state index in [-0.39, 0.29) is 6.04 Å². The van der Waals surface area contributed by atoms with Gasteiger partial charge in [-0.1, -0.05) is 48.0 Å². The Hall–Kier alpha value is -3.35. The smallest absolute Gasteiger partial charge is 0.328 e. The van der Waals surface area contributed by atoms with E-state index in [0.717, 1.165) is 44.1 Å². The van der Waals surface area contributed by atoms with Gasteiger partial charge in [0, 0.05) is 22.3 Å². The minimum absolute atomic E-state index is 0.0782. The molecule has 2 atom stereocenters. The molecule has 0 heterocycles. The van der Waals surface area contributed by atoms with Crippen molar-refractivity contribution in [3.05, 3.63) is 87.4 Å². The molecule has 0 spiro atoms. The largest absolute Gasteiger partial charge is 0.480 e. The number of halogens is 1. The minimum atomic E-state index is -1.35. The van der Waals surface area contributed by atoms with E-state index in [1.165, 1.54) is 0 Å². The summed E-state index contributed by atoms with van der Waals surface area (Å²) in [5.41, 5.74) is 6.91. The van der Waals surface area contributed by atoms with Gasteiger partial charge in [-0.15, -0.1) is 0 Å². The third-order valence-electron chi connectivity index (χ3n) is 5.81. The fraction of sp³-hybridized carbons (Fsp3) is 0.259. The summed E-state index contributed by atoms with van der Waals surface area (Å²) in [7, 11) is 0. The number of amides is 1. The van der Waals surface area contributed by atoms with Gasteiger partial charge < -0.3 is 20.8 Å². The zero-order valence-corrected chi connectivity index (χ0v) is 20.4. The fourth-order valence-corrected chi connectivity index (χ4v) is 4.08. The Balaban J connectivity index is 1.84. The lowest BCUT2D eigenvalue weighted by atomic mass is 9.94. The van der Waals surface area contributed by atoms with Crippen LogP contribution in [0.2, 0.25) is 5.02 Å². The molecule has 0 bridgehead atoms. The van der Waals surface area contributed by atoms with Crippen molar-refractivity contribution in [3.63, 3.8) is 0 Å². The Morgan fingerprint density at radius 1 is 0.941 bits per heavy atom. The number of rotatable bonds is 8. The second-order valence-electron chi connectivity index (χ2n) is 8.49. The zero-order valence-electron chi connectivity index (χ0n) is 19.6. The standard InChI is InChI=1S/C27H29ClN2O4/c1-15-10-19(8-9-23(15)28)18(4)29-22-7-5-6-20(13-22)21-11-16(2)25(17(3)12-21)26(32)30-24(14-31)27(33)34/h5-13,18,24,29,31H,14H2,1-4H3,(H,30,32)(H,33,34)/t18?,24-/m0/s1. The molecule has 1 unspecified atom stereocenters. The molecule has 3 aromatic rings. The number of carbonyl (C=O) groups excluding carboxylic acids is 1. The third kappa shape index (κ3) is 5.76. The highest BCUT2D eigenvalue weighted by Gasteiger charge is 2.22. The van der Waals surface area contributed by atoms with Gasteiger partial charge in [-0.3, -0.25) is 4.79 Å². The van der Waals surface area contributed by atoms with Gasteiger partial charge in [0.2, 0.25) is 0 Å². The number of aliphatic carboxylic acids is 1. The van der Waals surface area contributed by atoms with Crippen LogP contribution >= 0.6 is 11.6 Å². The molecule has 0 fully saturated rings. The molecule has 1 amide bonds. The molecular formula is C27H29ClN2O4.